The Hall–Kier alpha value is -8.49. The van der Waals surface area contributed by atoms with Gasteiger partial charge in [-0.25, -0.2) is 0 Å². The standard InChI is InChI=1S/C11H20O.C10H20N2O.C10H17NO2.2C10H18O.C9H17NO.C9H16O.C8H15NO.2C8H14O.C7H13NO.C7H12O.C6H11ClO/c1-9(2)8-10(12)6-7-11(3,4)5;1-10(2,3)11-9(13)7-6-8-12(4)5;1-6-9(13)11(5)7-8(12)10(2,3)4;1-8(2)6-9(11)7-10(3,4)5;1-5-9(11)7-6-8-10(2,3)4;1-6-8(11)10(5)7-9(2,3)4;1-7(2)6-8(10)9(3,4)5;1-5-7(10)9-6-8(2,3)4;1-6(2)7(9)8(3,4)5;1-5-6-7(9)8(2,3)4;1-5-6(9)8-7(2,3)4;1-5-6(8)7(2,3)4;1-6(2,3)5(8)4-7/h8H,6-7H2,1-5H3;6-7H,8H2,1-5H3,(H,11,13);6H,1,7H2,2-5H3;6H,7H2,1-5H3;5H,1,6-8H2,2-4H3;6H,1,7H2,2-5H3;6H,1-5H3;5H,1,6H2,2-4H3,(H,9,10);1H2,2-5H3;5-6H,1-4H3;5H,1H2,2-4H3,(H,8,9);5H,1H2,2-4H3;4H2,1-3H3/b;7-6+;;;;;;;;6-5+;;;. The van der Waals surface area contributed by atoms with Crippen molar-refractivity contribution in [2.75, 3.05) is 60.2 Å². The molecule has 0 aliphatic heterocycles. The Bertz CT molecular complexity index is 3720. The fraction of sp³-hybridized carbons (Fsp3) is 0.664. The van der Waals surface area contributed by atoms with Crippen molar-refractivity contribution < 1.29 is 67.1 Å². The molecule has 0 rings (SSSR count). The third-order valence-corrected chi connectivity index (χ3v) is 15.6. The largest absolute Gasteiger partial charge is 0.352 e. The predicted octanol–water partition coefficient (Wildman–Crippen LogP) is 26.2. The number of nitrogens with one attached hydrogen (secondary N) is 3. The zero-order chi connectivity index (χ0) is 111. The molecule has 0 fully saturated rings. The molecule has 0 saturated carbocycles. The second-order valence-electron chi connectivity index (χ2n) is 48.1. The van der Waals surface area contributed by atoms with Crippen LogP contribution in [-0.2, 0) is 67.1 Å². The Kier molecular flexibility index (Phi) is 85.6. The van der Waals surface area contributed by atoms with Crippen LogP contribution < -0.4 is 16.0 Å². The number of alkyl halides is 1. The molecular formula is C113H205ClN6O14. The summed E-state index contributed by atoms with van der Waals surface area (Å²) in [6, 6.07) is 0. The molecule has 134 heavy (non-hydrogen) atoms. The maximum atomic E-state index is 11.5. The Balaban J connectivity index is -0.000000108. The number of nitrogens with zero attached hydrogens (tertiary/aromatic N) is 3. The summed E-state index contributed by atoms with van der Waals surface area (Å²) in [5, 5.41) is 8.28. The molecule has 3 N–H and O–H groups in total. The number of carbonyl (C=O) groups is 14. The van der Waals surface area contributed by atoms with Gasteiger partial charge in [0.25, 0.3) is 0 Å². The van der Waals surface area contributed by atoms with E-state index in [0.29, 0.717) is 36.8 Å². The maximum absolute atomic E-state index is 11.5. The van der Waals surface area contributed by atoms with Gasteiger partial charge in [0.15, 0.2) is 52.0 Å². The van der Waals surface area contributed by atoms with Gasteiger partial charge in [-0.15, -0.1) is 11.6 Å². The molecule has 0 radical (unpaired) electrons. The summed E-state index contributed by atoms with van der Waals surface area (Å²) in [4.78, 5) is 159. The molecule has 0 aromatic heterocycles. The van der Waals surface area contributed by atoms with Gasteiger partial charge in [0.1, 0.15) is 0 Å². The summed E-state index contributed by atoms with van der Waals surface area (Å²) >= 11 is 5.29. The molecule has 0 heterocycles. The van der Waals surface area contributed by atoms with Crippen molar-refractivity contribution in [3.05, 3.63) is 147 Å². The van der Waals surface area contributed by atoms with Gasteiger partial charge in [-0.05, 0) is 224 Å². The van der Waals surface area contributed by atoms with E-state index in [0.717, 1.165) is 49.1 Å². The highest BCUT2D eigenvalue weighted by Crippen LogP contribution is 2.25. The van der Waals surface area contributed by atoms with Gasteiger partial charge in [-0.3, -0.25) is 67.1 Å². The first kappa shape index (κ1) is 154. The molecule has 0 unspecified atom stereocenters. The zero-order valence-corrected chi connectivity index (χ0v) is 96.4. The molecule has 0 aromatic rings. The van der Waals surface area contributed by atoms with Gasteiger partial charge in [-0.1, -0.05) is 303 Å². The summed E-state index contributed by atoms with van der Waals surface area (Å²) in [7, 11) is 7.31. The molecular weight excluding hydrogens is 1700 g/mol. The Morgan fingerprint density at radius 1 is 0.351 bits per heavy atom. The summed E-state index contributed by atoms with van der Waals surface area (Å²) in [5.74, 6) is 1.05. The van der Waals surface area contributed by atoms with Gasteiger partial charge in [0.05, 0.1) is 12.4 Å². The molecule has 0 saturated heterocycles. The van der Waals surface area contributed by atoms with E-state index in [-0.39, 0.29) is 154 Å². The average molecular weight is 1910 g/mol. The number of hydrogen-bond acceptors (Lipinski definition) is 15. The van der Waals surface area contributed by atoms with Crippen molar-refractivity contribution in [1.29, 1.82) is 0 Å². The number of amides is 5. The number of halogens is 1. The fourth-order valence-electron chi connectivity index (χ4n) is 7.97. The van der Waals surface area contributed by atoms with E-state index in [1.54, 1.807) is 62.4 Å². The van der Waals surface area contributed by atoms with Gasteiger partial charge in [0.2, 0.25) is 29.5 Å². The van der Waals surface area contributed by atoms with Crippen molar-refractivity contribution in [2.45, 2.75) is 375 Å². The number of Topliss-reactive ketones (excluding diaryl/α,β-unsaturated/α-hetero) is 3. The highest BCUT2D eigenvalue weighted by Gasteiger charge is 2.26. The number of rotatable bonds is 25. The van der Waals surface area contributed by atoms with Crippen LogP contribution in [0.5, 0.6) is 0 Å². The van der Waals surface area contributed by atoms with Gasteiger partial charge in [-0.2, -0.15) is 0 Å². The summed E-state index contributed by atoms with van der Waals surface area (Å²) in [6.07, 6.45) is 24.8. The SMILES string of the molecule is C/C=C/C(=O)C(C)(C)C.C=C(C)C(=O)C(C)(C)C.C=CC(=O)C(C)(C)C.C=CC(=O)CCCC(C)(C)C.C=CC(=O)N(C)CC(=O)C(C)(C)C.C=CC(=O)N(C)CC(C)(C)C.C=CC(=O)NC(C)(C)C.C=CC(=O)NCC(C)(C)C.CC(C)(C)C(=O)CCl.CC(C)=CC(=O)C(C)(C)C.CC(C)=CC(=O)CC(C)(C)C.CC(C)=CC(=O)CCC(C)(C)C.CN(C)C/C=C/C(=O)NC(C)(C)C. The zero-order valence-electron chi connectivity index (χ0n) is 95.7. The lowest BCUT2D eigenvalue weighted by molar-refractivity contribution is -0.133. The normalized spacial score (nSPS) is 11.2. The number of carbonyl (C=O) groups excluding carboxylic acids is 14. The first-order valence-corrected chi connectivity index (χ1v) is 46.7. The molecule has 778 valence electrons. The van der Waals surface area contributed by atoms with E-state index >= 15 is 0 Å². The lowest BCUT2D eigenvalue weighted by Crippen LogP contribution is -2.39. The monoisotopic (exact) mass is 1910 g/mol. The van der Waals surface area contributed by atoms with Crippen LogP contribution >= 0.6 is 11.6 Å². The topological polar surface area (TPSA) is 285 Å². The second-order valence-corrected chi connectivity index (χ2v) is 48.3. The van der Waals surface area contributed by atoms with Crippen LogP contribution in [0.4, 0.5) is 0 Å². The molecule has 0 bridgehead atoms. The van der Waals surface area contributed by atoms with E-state index in [9.17, 15) is 67.1 Å². The molecule has 20 nitrogen and oxygen atoms in total. The van der Waals surface area contributed by atoms with Crippen molar-refractivity contribution in [2.24, 2.45) is 59.6 Å². The average Bonchev–Trinajstić information content (AvgIpc) is 0.896. The number of hydrogen-bond donors (Lipinski definition) is 3. The summed E-state index contributed by atoms with van der Waals surface area (Å²) in [5.41, 5.74) is 3.03. The predicted molar refractivity (Wildman–Crippen MR) is 578 cm³/mol. The lowest BCUT2D eigenvalue weighted by atomic mass is 9.87. The van der Waals surface area contributed by atoms with Crippen LogP contribution in [0.1, 0.15) is 364 Å². The summed E-state index contributed by atoms with van der Waals surface area (Å²) in [6.45, 7) is 119. The van der Waals surface area contributed by atoms with Crippen molar-refractivity contribution in [1.82, 2.24) is 30.7 Å². The van der Waals surface area contributed by atoms with E-state index in [2.05, 4.69) is 166 Å². The quantitative estimate of drug-likeness (QED) is 0.0566. The van der Waals surface area contributed by atoms with Crippen LogP contribution in [-0.4, -0.2) is 168 Å². The number of likely N-dealkylation sites (N-methyl/N-ethyl adjacent to an activating group) is 3. The van der Waals surface area contributed by atoms with Crippen LogP contribution in [0, 0.1) is 59.6 Å². The number of allylic oxidation sites excluding steroid dienone is 11. The third-order valence-electron chi connectivity index (χ3n) is 15.4. The third kappa shape index (κ3) is 134. The molecule has 0 spiro atoms. The first-order valence-electron chi connectivity index (χ1n) is 46.2. The van der Waals surface area contributed by atoms with E-state index in [1.165, 1.54) is 41.4 Å². The minimum atomic E-state index is -0.393. The highest BCUT2D eigenvalue weighted by atomic mass is 35.5. The summed E-state index contributed by atoms with van der Waals surface area (Å²) < 4.78 is 0. The minimum Gasteiger partial charge on any atom is -0.352 e. The van der Waals surface area contributed by atoms with E-state index < -0.39 is 5.41 Å². The van der Waals surface area contributed by atoms with Crippen LogP contribution in [0.15, 0.2) is 147 Å². The second kappa shape index (κ2) is 74.7. The fourth-order valence-corrected chi connectivity index (χ4v) is 8.37. The van der Waals surface area contributed by atoms with Gasteiger partial charge < -0.3 is 30.7 Å². The maximum Gasteiger partial charge on any atom is 0.246 e. The van der Waals surface area contributed by atoms with Crippen molar-refractivity contribution >= 4 is 93.2 Å². The Labute approximate surface area is 828 Å². The van der Waals surface area contributed by atoms with E-state index in [1.807, 2.05) is 240 Å². The van der Waals surface area contributed by atoms with Crippen molar-refractivity contribution in [3.8, 4) is 0 Å². The highest BCUT2D eigenvalue weighted by molar-refractivity contribution is 6.28. The number of ketones is 9. The first-order chi connectivity index (χ1) is 59.1. The van der Waals surface area contributed by atoms with Gasteiger partial charge >= 0.3 is 0 Å². The van der Waals surface area contributed by atoms with Crippen molar-refractivity contribution in [3.63, 3.8) is 0 Å². The molecule has 5 amide bonds. The van der Waals surface area contributed by atoms with Crippen LogP contribution in [0.2, 0.25) is 0 Å². The molecule has 0 aliphatic rings. The van der Waals surface area contributed by atoms with Crippen LogP contribution in [0.3, 0.4) is 0 Å². The molecule has 0 atom stereocenters. The minimum absolute atomic E-state index is 0.0140. The van der Waals surface area contributed by atoms with Gasteiger partial charge in [0, 0.05) is 103 Å². The lowest BCUT2D eigenvalue weighted by Gasteiger charge is -2.25. The molecule has 0 aromatic carbocycles. The Morgan fingerprint density at radius 2 is 0.716 bits per heavy atom. The Morgan fingerprint density at radius 3 is 0.933 bits per heavy atom. The molecule has 0 aliphatic carbocycles. The molecule has 21 heteroatoms. The smallest absolute Gasteiger partial charge is 0.246 e. The van der Waals surface area contributed by atoms with E-state index in [4.69, 9.17) is 11.6 Å². The van der Waals surface area contributed by atoms with Crippen LogP contribution in [0.25, 0.3) is 0 Å².